The van der Waals surface area contributed by atoms with Crippen LogP contribution in [0.2, 0.25) is 0 Å². The van der Waals surface area contributed by atoms with Crippen molar-refractivity contribution in [3.05, 3.63) is 51.8 Å². The molecule has 3 aromatic rings. The highest BCUT2D eigenvalue weighted by molar-refractivity contribution is 5.76. The number of fused-ring (bicyclic) bond motifs is 1. The molecule has 1 amide bonds. The molecule has 0 radical (unpaired) electrons. The molecule has 1 aromatic carbocycles. The van der Waals surface area contributed by atoms with E-state index in [1.165, 1.54) is 11.1 Å². The van der Waals surface area contributed by atoms with Gasteiger partial charge in [-0.15, -0.1) is 5.10 Å². The molecule has 0 saturated heterocycles. The lowest BCUT2D eigenvalue weighted by atomic mass is 9.99. The molecule has 0 spiro atoms. The van der Waals surface area contributed by atoms with E-state index >= 15 is 0 Å². The molecule has 0 aliphatic carbocycles. The van der Waals surface area contributed by atoms with Crippen LogP contribution in [0.3, 0.4) is 0 Å². The summed E-state index contributed by atoms with van der Waals surface area (Å²) in [6.07, 6.45) is 0.972. The second-order valence-corrected chi connectivity index (χ2v) is 7.09. The number of anilines is 1. The Balaban J connectivity index is 1.70. The van der Waals surface area contributed by atoms with Gasteiger partial charge in [-0.2, -0.15) is 9.50 Å². The Morgan fingerprint density at radius 1 is 1.22 bits per heavy atom. The lowest BCUT2D eigenvalue weighted by molar-refractivity contribution is -0.121. The fraction of sp³-hybridized carbons (Fsp3) is 0.400. The number of nitrogen functional groups attached to an aromatic ring is 1. The highest BCUT2D eigenvalue weighted by Crippen LogP contribution is 2.20. The van der Waals surface area contributed by atoms with Crippen LogP contribution in [0.25, 0.3) is 5.78 Å². The molecule has 0 fully saturated rings. The van der Waals surface area contributed by atoms with E-state index in [4.69, 9.17) is 5.73 Å². The zero-order valence-corrected chi connectivity index (χ0v) is 16.5. The summed E-state index contributed by atoms with van der Waals surface area (Å²) in [5.41, 5.74) is 12.0. The molecule has 1 atom stereocenters. The Labute approximate surface area is 159 Å². The summed E-state index contributed by atoms with van der Waals surface area (Å²) >= 11 is 0. The summed E-state index contributed by atoms with van der Waals surface area (Å²) in [6.45, 7) is 10.0. The molecular formula is C20H26N6O. The van der Waals surface area contributed by atoms with Crippen LogP contribution in [0, 0.1) is 27.7 Å². The number of rotatable bonds is 5. The number of carbonyl (C=O) groups is 1. The minimum atomic E-state index is -0.0321. The maximum Gasteiger partial charge on any atom is 0.254 e. The quantitative estimate of drug-likeness (QED) is 0.723. The second kappa shape index (κ2) is 7.34. The van der Waals surface area contributed by atoms with Gasteiger partial charge in [-0.1, -0.05) is 23.8 Å². The van der Waals surface area contributed by atoms with Gasteiger partial charge in [0, 0.05) is 17.8 Å². The first kappa shape index (κ1) is 18.8. The number of hydrogen-bond acceptors (Lipinski definition) is 5. The van der Waals surface area contributed by atoms with Gasteiger partial charge in [0.1, 0.15) is 0 Å². The molecule has 3 rings (SSSR count). The molecule has 0 bridgehead atoms. The minimum absolute atomic E-state index is 0.0143. The molecular weight excluding hydrogens is 340 g/mol. The normalized spacial score (nSPS) is 12.3. The molecule has 7 heteroatoms. The smallest absolute Gasteiger partial charge is 0.254 e. The van der Waals surface area contributed by atoms with Crippen LogP contribution in [-0.4, -0.2) is 25.5 Å². The number of carbonyl (C=O) groups excluding carboxylic acids is 1. The van der Waals surface area contributed by atoms with Crippen molar-refractivity contribution in [1.29, 1.82) is 0 Å². The number of aryl methyl sites for hydroxylation is 4. The first-order chi connectivity index (χ1) is 12.8. The van der Waals surface area contributed by atoms with E-state index in [2.05, 4.69) is 52.4 Å². The highest BCUT2D eigenvalue weighted by atomic mass is 16.1. The van der Waals surface area contributed by atoms with Crippen molar-refractivity contribution in [2.45, 2.75) is 53.5 Å². The molecule has 0 aliphatic heterocycles. The Morgan fingerprint density at radius 3 is 2.70 bits per heavy atom. The maximum atomic E-state index is 12.5. The van der Waals surface area contributed by atoms with E-state index in [1.807, 2.05) is 20.8 Å². The van der Waals surface area contributed by atoms with Gasteiger partial charge < -0.3 is 11.1 Å². The maximum absolute atomic E-state index is 12.5. The van der Waals surface area contributed by atoms with Gasteiger partial charge in [-0.3, -0.25) is 4.79 Å². The third-order valence-corrected chi connectivity index (χ3v) is 4.95. The predicted molar refractivity (Wildman–Crippen MR) is 105 cm³/mol. The summed E-state index contributed by atoms with van der Waals surface area (Å²) in [5, 5.41) is 7.27. The molecule has 2 aromatic heterocycles. The van der Waals surface area contributed by atoms with Crippen LogP contribution in [-0.2, 0) is 11.2 Å². The van der Waals surface area contributed by atoms with Crippen molar-refractivity contribution in [2.24, 2.45) is 0 Å². The summed E-state index contributed by atoms with van der Waals surface area (Å²) in [5.74, 6) is 0.696. The number of nitrogens with one attached hydrogen (secondary N) is 1. The average Bonchev–Trinajstić information content (AvgIpc) is 2.97. The van der Waals surface area contributed by atoms with Crippen molar-refractivity contribution in [1.82, 2.24) is 24.9 Å². The van der Waals surface area contributed by atoms with E-state index < -0.39 is 0 Å². The lowest BCUT2D eigenvalue weighted by Gasteiger charge is -2.18. The number of aromatic nitrogens is 4. The van der Waals surface area contributed by atoms with Gasteiger partial charge >= 0.3 is 0 Å². The minimum Gasteiger partial charge on any atom is -0.366 e. The molecule has 142 valence electrons. The zero-order chi connectivity index (χ0) is 19.7. The Morgan fingerprint density at radius 2 is 1.96 bits per heavy atom. The second-order valence-electron chi connectivity index (χ2n) is 7.09. The van der Waals surface area contributed by atoms with Gasteiger partial charge in [0.15, 0.2) is 0 Å². The Kier molecular flexibility index (Phi) is 5.12. The first-order valence-electron chi connectivity index (χ1n) is 9.11. The molecule has 0 aliphatic rings. The van der Waals surface area contributed by atoms with E-state index in [9.17, 15) is 4.79 Å². The lowest BCUT2D eigenvalue weighted by Crippen LogP contribution is -2.27. The van der Waals surface area contributed by atoms with Crippen molar-refractivity contribution >= 4 is 17.6 Å². The van der Waals surface area contributed by atoms with E-state index in [1.54, 1.807) is 4.52 Å². The van der Waals surface area contributed by atoms with Gasteiger partial charge in [0.2, 0.25) is 11.9 Å². The summed E-state index contributed by atoms with van der Waals surface area (Å²) in [4.78, 5) is 21.0. The first-order valence-corrected chi connectivity index (χ1v) is 9.11. The monoisotopic (exact) mass is 366 g/mol. The van der Waals surface area contributed by atoms with E-state index in [0.717, 1.165) is 22.5 Å². The average molecular weight is 366 g/mol. The Hall–Kier alpha value is -2.96. The summed E-state index contributed by atoms with van der Waals surface area (Å²) in [7, 11) is 0. The zero-order valence-electron chi connectivity index (χ0n) is 16.5. The number of nitrogens with two attached hydrogens (primary N) is 1. The third kappa shape index (κ3) is 3.92. The fourth-order valence-electron chi connectivity index (χ4n) is 3.44. The standard InChI is InChI=1S/C20H26N6O/c1-11-6-7-12(2)17(10-11)14(4)22-18(27)9-8-16-13(3)23-20-24-19(21)25-26(20)15(16)5/h6-7,10,14H,8-9H2,1-5H3,(H2,21,25)(H,22,27)/t14-/m1/s1. The van der Waals surface area contributed by atoms with Crippen LogP contribution in [0.15, 0.2) is 18.2 Å². The summed E-state index contributed by atoms with van der Waals surface area (Å²) < 4.78 is 1.63. The van der Waals surface area contributed by atoms with Gasteiger partial charge in [-0.25, -0.2) is 4.98 Å². The van der Waals surface area contributed by atoms with Crippen LogP contribution < -0.4 is 11.1 Å². The molecule has 7 nitrogen and oxygen atoms in total. The topological polar surface area (TPSA) is 98.2 Å². The van der Waals surface area contributed by atoms with Crippen molar-refractivity contribution < 1.29 is 4.79 Å². The fourth-order valence-corrected chi connectivity index (χ4v) is 3.44. The number of benzene rings is 1. The molecule has 3 N–H and O–H groups in total. The van der Waals surface area contributed by atoms with Crippen molar-refractivity contribution in [2.75, 3.05) is 5.73 Å². The van der Waals surface area contributed by atoms with Crippen molar-refractivity contribution in [3.8, 4) is 0 Å². The third-order valence-electron chi connectivity index (χ3n) is 4.95. The number of hydrogen-bond donors (Lipinski definition) is 2. The van der Waals surface area contributed by atoms with Gasteiger partial charge in [0.25, 0.3) is 5.78 Å². The van der Waals surface area contributed by atoms with Crippen LogP contribution in [0.4, 0.5) is 5.95 Å². The SMILES string of the molecule is Cc1ccc(C)c([C@@H](C)NC(=O)CCc2c(C)nc3nc(N)nn3c2C)c1. The largest absolute Gasteiger partial charge is 0.366 e. The number of amides is 1. The molecule has 0 saturated carbocycles. The predicted octanol–water partition coefficient (Wildman–Crippen LogP) is 2.75. The van der Waals surface area contributed by atoms with Crippen molar-refractivity contribution in [3.63, 3.8) is 0 Å². The molecule has 27 heavy (non-hydrogen) atoms. The molecule has 2 heterocycles. The van der Waals surface area contributed by atoms with Crippen LogP contribution in [0.1, 0.15) is 53.0 Å². The Bertz CT molecular complexity index is 1010. The molecule has 0 unspecified atom stereocenters. The van der Waals surface area contributed by atoms with Gasteiger partial charge in [-0.05, 0) is 57.7 Å². The number of nitrogens with zero attached hydrogens (tertiary/aromatic N) is 4. The summed E-state index contributed by atoms with van der Waals surface area (Å²) in [6, 6.07) is 6.26. The van der Waals surface area contributed by atoms with Crippen LogP contribution in [0.5, 0.6) is 0 Å². The highest BCUT2D eigenvalue weighted by Gasteiger charge is 2.16. The van der Waals surface area contributed by atoms with E-state index in [-0.39, 0.29) is 17.9 Å². The van der Waals surface area contributed by atoms with Crippen LogP contribution >= 0.6 is 0 Å². The van der Waals surface area contributed by atoms with Gasteiger partial charge in [0.05, 0.1) is 6.04 Å². The van der Waals surface area contributed by atoms with E-state index in [0.29, 0.717) is 18.6 Å².